The summed E-state index contributed by atoms with van der Waals surface area (Å²) < 4.78 is 2.34. The maximum absolute atomic E-state index is 9.14. The van der Waals surface area contributed by atoms with Gasteiger partial charge < -0.3 is 4.57 Å². The van der Waals surface area contributed by atoms with Crippen LogP contribution in [0.25, 0.3) is 11.0 Å². The number of halogens is 1. The van der Waals surface area contributed by atoms with Crippen LogP contribution in [-0.2, 0) is 6.42 Å². The van der Waals surface area contributed by atoms with Crippen molar-refractivity contribution in [3.63, 3.8) is 0 Å². The summed E-state index contributed by atoms with van der Waals surface area (Å²) in [5.74, 6) is 1.63. The molecule has 21 heavy (non-hydrogen) atoms. The van der Waals surface area contributed by atoms with E-state index in [4.69, 9.17) is 21.8 Å². The van der Waals surface area contributed by atoms with Crippen LogP contribution in [-0.4, -0.2) is 26.9 Å². The fourth-order valence-electron chi connectivity index (χ4n) is 3.25. The van der Waals surface area contributed by atoms with Gasteiger partial charge in [-0.25, -0.2) is 4.98 Å². The number of benzene rings is 1. The Bertz CT molecular complexity index is 689. The van der Waals surface area contributed by atoms with Gasteiger partial charge in [-0.05, 0) is 43.7 Å². The molecule has 0 N–H and O–H groups in total. The van der Waals surface area contributed by atoms with Crippen LogP contribution >= 0.6 is 23.4 Å². The summed E-state index contributed by atoms with van der Waals surface area (Å²) in [6, 6.07) is 8.46. The third-order valence-electron chi connectivity index (χ3n) is 4.27. The maximum atomic E-state index is 9.14. The lowest BCUT2D eigenvalue weighted by atomic mass is 10.2. The molecule has 0 aliphatic heterocycles. The molecule has 3 nitrogen and oxygen atoms in total. The van der Waals surface area contributed by atoms with Gasteiger partial charge in [0.1, 0.15) is 5.82 Å². The summed E-state index contributed by atoms with van der Waals surface area (Å²) in [7, 11) is 0. The number of hydrogen-bond acceptors (Lipinski definition) is 3. The van der Waals surface area contributed by atoms with E-state index in [0.717, 1.165) is 28.5 Å². The molecule has 2 atom stereocenters. The Morgan fingerprint density at radius 1 is 1.48 bits per heavy atom. The predicted molar refractivity (Wildman–Crippen MR) is 89.1 cm³/mol. The fraction of sp³-hybridized carbons (Fsp3) is 0.500. The second-order valence-electron chi connectivity index (χ2n) is 5.48. The second-order valence-corrected chi connectivity index (χ2v) is 6.99. The number of fused-ring (bicyclic) bond motifs is 1. The van der Waals surface area contributed by atoms with E-state index in [9.17, 15) is 0 Å². The van der Waals surface area contributed by atoms with E-state index in [0.29, 0.717) is 17.5 Å². The number of hydrogen-bond donors (Lipinski definition) is 0. The van der Waals surface area contributed by atoms with E-state index in [-0.39, 0.29) is 0 Å². The van der Waals surface area contributed by atoms with Crippen molar-refractivity contribution in [2.75, 3.05) is 12.1 Å². The highest BCUT2D eigenvalue weighted by atomic mass is 35.5. The topological polar surface area (TPSA) is 41.6 Å². The zero-order chi connectivity index (χ0) is 14.8. The summed E-state index contributed by atoms with van der Waals surface area (Å²) in [5.41, 5.74) is 2.75. The van der Waals surface area contributed by atoms with Crippen LogP contribution in [0.3, 0.4) is 0 Å². The normalized spacial score (nSPS) is 21.8. The molecule has 110 valence electrons. The molecule has 0 saturated heterocycles. The first-order valence-electron chi connectivity index (χ1n) is 7.26. The SMILES string of the molecule is CSC1CCC(n2c(CCCl)nc3ccc(C#N)cc32)C1. The number of aromatic nitrogens is 2. The largest absolute Gasteiger partial charge is 0.325 e. The number of rotatable bonds is 4. The molecule has 1 aliphatic rings. The third-order valence-corrected chi connectivity index (χ3v) is 5.55. The Morgan fingerprint density at radius 3 is 3.00 bits per heavy atom. The Balaban J connectivity index is 2.09. The molecule has 2 aromatic rings. The van der Waals surface area contributed by atoms with Gasteiger partial charge in [-0.2, -0.15) is 17.0 Å². The maximum Gasteiger partial charge on any atom is 0.111 e. The Labute approximate surface area is 134 Å². The predicted octanol–water partition coefficient (Wildman–Crippen LogP) is 4.15. The van der Waals surface area contributed by atoms with E-state index < -0.39 is 0 Å². The lowest BCUT2D eigenvalue weighted by Gasteiger charge is -2.17. The smallest absolute Gasteiger partial charge is 0.111 e. The first kappa shape index (κ1) is 14.7. The number of aryl methyl sites for hydroxylation is 1. The molecule has 1 aromatic heterocycles. The van der Waals surface area contributed by atoms with E-state index >= 15 is 0 Å². The van der Waals surface area contributed by atoms with Crippen LogP contribution in [0.2, 0.25) is 0 Å². The summed E-state index contributed by atoms with van der Waals surface area (Å²) in [4.78, 5) is 4.74. The average Bonchev–Trinajstić information content (AvgIpc) is 3.10. The van der Waals surface area contributed by atoms with Crippen LogP contribution in [0, 0.1) is 11.3 Å². The van der Waals surface area contributed by atoms with Gasteiger partial charge in [-0.3, -0.25) is 0 Å². The summed E-state index contributed by atoms with van der Waals surface area (Å²) in [5, 5.41) is 9.87. The second kappa shape index (κ2) is 6.29. The highest BCUT2D eigenvalue weighted by Crippen LogP contribution is 2.38. The van der Waals surface area contributed by atoms with Crippen LogP contribution in [0.5, 0.6) is 0 Å². The van der Waals surface area contributed by atoms with E-state index in [1.165, 1.54) is 19.3 Å². The zero-order valence-corrected chi connectivity index (χ0v) is 13.6. The lowest BCUT2D eigenvalue weighted by Crippen LogP contribution is -2.11. The molecule has 0 radical (unpaired) electrons. The van der Waals surface area contributed by atoms with Gasteiger partial charge in [0.05, 0.1) is 22.7 Å². The molecule has 0 amide bonds. The Morgan fingerprint density at radius 2 is 2.33 bits per heavy atom. The van der Waals surface area contributed by atoms with Gasteiger partial charge in [-0.15, -0.1) is 11.6 Å². The lowest BCUT2D eigenvalue weighted by molar-refractivity contribution is 0.514. The van der Waals surface area contributed by atoms with Gasteiger partial charge in [0.2, 0.25) is 0 Å². The van der Waals surface area contributed by atoms with E-state index in [1.54, 1.807) is 0 Å². The van der Waals surface area contributed by atoms with Crippen molar-refractivity contribution in [3.8, 4) is 6.07 Å². The minimum atomic E-state index is 0.486. The molecule has 1 saturated carbocycles. The first-order chi connectivity index (χ1) is 10.3. The quantitative estimate of drug-likeness (QED) is 0.795. The number of imidazole rings is 1. The van der Waals surface area contributed by atoms with Gasteiger partial charge in [0, 0.05) is 23.6 Å². The van der Waals surface area contributed by atoms with Crippen molar-refractivity contribution in [1.29, 1.82) is 5.26 Å². The zero-order valence-electron chi connectivity index (χ0n) is 12.1. The van der Waals surface area contributed by atoms with Crippen molar-refractivity contribution in [3.05, 3.63) is 29.6 Å². The number of alkyl halides is 1. The average molecular weight is 320 g/mol. The fourth-order valence-corrected chi connectivity index (χ4v) is 4.20. The van der Waals surface area contributed by atoms with Crippen LogP contribution in [0.1, 0.15) is 36.7 Å². The molecule has 1 aromatic carbocycles. The van der Waals surface area contributed by atoms with Gasteiger partial charge in [-0.1, -0.05) is 0 Å². The molecule has 5 heteroatoms. The molecule has 1 aliphatic carbocycles. The monoisotopic (exact) mass is 319 g/mol. The number of thioether (sulfide) groups is 1. The molecule has 1 heterocycles. The van der Waals surface area contributed by atoms with Crippen molar-refractivity contribution in [2.45, 2.75) is 37.0 Å². The van der Waals surface area contributed by atoms with Crippen molar-refractivity contribution in [1.82, 2.24) is 9.55 Å². The molecule has 1 fully saturated rings. The standard InChI is InChI=1S/C16H18ClN3S/c1-21-13-4-3-12(9-13)20-15-8-11(10-18)2-5-14(15)19-16(20)6-7-17/h2,5,8,12-13H,3-4,6-7,9H2,1H3. The number of nitriles is 1. The molecule has 0 bridgehead atoms. The van der Waals surface area contributed by atoms with E-state index in [2.05, 4.69) is 16.9 Å². The summed E-state index contributed by atoms with van der Waals surface area (Å²) in [6.45, 7) is 0. The minimum Gasteiger partial charge on any atom is -0.325 e. The molecule has 2 unspecified atom stereocenters. The molecule has 3 rings (SSSR count). The molecule has 0 spiro atoms. The first-order valence-corrected chi connectivity index (χ1v) is 9.08. The van der Waals surface area contributed by atoms with Crippen LogP contribution in [0.4, 0.5) is 0 Å². The van der Waals surface area contributed by atoms with E-state index in [1.807, 2.05) is 30.0 Å². The van der Waals surface area contributed by atoms with Crippen molar-refractivity contribution >= 4 is 34.4 Å². The number of nitrogens with zero attached hydrogens (tertiary/aromatic N) is 3. The summed E-state index contributed by atoms with van der Waals surface area (Å²) >= 11 is 7.90. The van der Waals surface area contributed by atoms with Gasteiger partial charge >= 0.3 is 0 Å². The highest BCUT2D eigenvalue weighted by Gasteiger charge is 2.28. The third kappa shape index (κ3) is 2.77. The van der Waals surface area contributed by atoms with Gasteiger partial charge in [0.25, 0.3) is 0 Å². The Hall–Kier alpha value is -1.18. The summed E-state index contributed by atoms with van der Waals surface area (Å²) in [6.07, 6.45) is 6.58. The minimum absolute atomic E-state index is 0.486. The van der Waals surface area contributed by atoms with Crippen LogP contribution < -0.4 is 0 Å². The molecular weight excluding hydrogens is 302 g/mol. The van der Waals surface area contributed by atoms with Gasteiger partial charge in [0.15, 0.2) is 0 Å². The molecular formula is C16H18ClN3S. The highest BCUT2D eigenvalue weighted by molar-refractivity contribution is 7.99. The Kier molecular flexibility index (Phi) is 4.42. The van der Waals surface area contributed by atoms with Crippen molar-refractivity contribution < 1.29 is 0 Å². The van der Waals surface area contributed by atoms with Crippen molar-refractivity contribution in [2.24, 2.45) is 0 Å². The van der Waals surface area contributed by atoms with Crippen LogP contribution in [0.15, 0.2) is 18.2 Å².